The lowest BCUT2D eigenvalue weighted by Gasteiger charge is -2.11. The Morgan fingerprint density at radius 3 is 2.59 bits per heavy atom. The first-order chi connectivity index (χ1) is 8.19. The van der Waals surface area contributed by atoms with Crippen LogP contribution in [0.15, 0.2) is 0 Å². The number of nitrogens with zero attached hydrogens (tertiary/aromatic N) is 3. The van der Waals surface area contributed by atoms with Gasteiger partial charge in [-0.3, -0.25) is 5.43 Å². The maximum atomic E-state index is 9.43. The van der Waals surface area contributed by atoms with E-state index >= 15 is 0 Å². The minimum Gasteiger partial charge on any atom is -0.467 e. The lowest BCUT2D eigenvalue weighted by atomic mass is 10.4. The Hall–Kier alpha value is -1.71. The van der Waals surface area contributed by atoms with Crippen LogP contribution in [0.4, 0.5) is 11.9 Å². The molecule has 0 saturated carbocycles. The molecule has 9 nitrogen and oxygen atoms in total. The molecule has 0 radical (unpaired) electrons. The Bertz CT molecular complexity index is 328. The number of hydrogen-bond acceptors (Lipinski definition) is 9. The number of ether oxygens (including phenoxy) is 2. The number of nitrogens with one attached hydrogen (secondary N) is 2. The van der Waals surface area contributed by atoms with Gasteiger partial charge < -0.3 is 19.9 Å². The topological polar surface area (TPSA) is 127 Å². The van der Waals surface area contributed by atoms with E-state index in [-0.39, 0.29) is 31.1 Å². The summed E-state index contributed by atoms with van der Waals surface area (Å²) in [5.74, 6) is 5.61. The standard InChI is InChI=1S/C8H16N6O3/c1-16-4-5(15)3-10-6-11-7(14-9)13-8(12-6)17-2/h5,15H,3-4,9H2,1-2H3,(H2,10,11,12,13,14). The van der Waals surface area contributed by atoms with Gasteiger partial charge in [0.15, 0.2) is 0 Å². The smallest absolute Gasteiger partial charge is 0.322 e. The Labute approximate surface area is 98.3 Å². The second-order valence-corrected chi connectivity index (χ2v) is 3.10. The van der Waals surface area contributed by atoms with E-state index < -0.39 is 6.10 Å². The van der Waals surface area contributed by atoms with Gasteiger partial charge in [0.2, 0.25) is 11.9 Å². The fraction of sp³-hybridized carbons (Fsp3) is 0.625. The number of aromatic nitrogens is 3. The van der Waals surface area contributed by atoms with E-state index in [1.54, 1.807) is 0 Å². The lowest BCUT2D eigenvalue weighted by Crippen LogP contribution is -2.25. The second-order valence-electron chi connectivity index (χ2n) is 3.10. The van der Waals surface area contributed by atoms with Crippen molar-refractivity contribution < 1.29 is 14.6 Å². The summed E-state index contributed by atoms with van der Waals surface area (Å²) < 4.78 is 9.65. The molecule has 1 atom stereocenters. The molecular formula is C8H16N6O3. The van der Waals surface area contributed by atoms with E-state index in [1.165, 1.54) is 14.2 Å². The van der Waals surface area contributed by atoms with Crippen molar-refractivity contribution in [1.82, 2.24) is 15.0 Å². The van der Waals surface area contributed by atoms with E-state index in [0.29, 0.717) is 0 Å². The van der Waals surface area contributed by atoms with Crippen molar-refractivity contribution in [3.8, 4) is 6.01 Å². The van der Waals surface area contributed by atoms with E-state index in [1.807, 2.05) is 0 Å². The Balaban J connectivity index is 2.63. The maximum Gasteiger partial charge on any atom is 0.322 e. The van der Waals surface area contributed by atoms with Gasteiger partial charge in [-0.2, -0.15) is 15.0 Å². The zero-order valence-corrected chi connectivity index (χ0v) is 9.67. The molecular weight excluding hydrogens is 228 g/mol. The quantitative estimate of drug-likeness (QED) is 0.337. The highest BCUT2D eigenvalue weighted by Crippen LogP contribution is 2.09. The first kappa shape index (κ1) is 13.4. The number of methoxy groups -OCH3 is 2. The molecule has 1 unspecified atom stereocenters. The van der Waals surface area contributed by atoms with Crippen molar-refractivity contribution in [2.75, 3.05) is 38.1 Å². The van der Waals surface area contributed by atoms with Gasteiger partial charge >= 0.3 is 6.01 Å². The molecule has 0 aliphatic rings. The zero-order chi connectivity index (χ0) is 12.7. The fourth-order valence-electron chi connectivity index (χ4n) is 1.05. The van der Waals surface area contributed by atoms with Gasteiger partial charge in [0.05, 0.1) is 19.8 Å². The molecule has 0 bridgehead atoms. The molecule has 96 valence electrons. The van der Waals surface area contributed by atoms with Gasteiger partial charge in [0.1, 0.15) is 0 Å². The molecule has 1 heterocycles. The summed E-state index contributed by atoms with van der Waals surface area (Å²) >= 11 is 0. The lowest BCUT2D eigenvalue weighted by molar-refractivity contribution is 0.0726. The molecule has 0 spiro atoms. The largest absolute Gasteiger partial charge is 0.467 e. The molecule has 0 aromatic carbocycles. The second kappa shape index (κ2) is 6.78. The normalized spacial score (nSPS) is 12.0. The van der Waals surface area contributed by atoms with Gasteiger partial charge in [-0.05, 0) is 0 Å². The zero-order valence-electron chi connectivity index (χ0n) is 9.67. The van der Waals surface area contributed by atoms with Gasteiger partial charge in [-0.15, -0.1) is 0 Å². The molecule has 0 aliphatic heterocycles. The third-order valence-electron chi connectivity index (χ3n) is 1.78. The summed E-state index contributed by atoms with van der Waals surface area (Å²) in [6, 6.07) is 0.122. The third kappa shape index (κ3) is 4.34. The van der Waals surface area contributed by atoms with E-state index in [4.69, 9.17) is 15.3 Å². The van der Waals surface area contributed by atoms with Crippen LogP contribution in [0.2, 0.25) is 0 Å². The summed E-state index contributed by atoms with van der Waals surface area (Å²) in [7, 11) is 2.94. The van der Waals surface area contributed by atoms with Crippen molar-refractivity contribution >= 4 is 11.9 Å². The van der Waals surface area contributed by atoms with Crippen LogP contribution in [0.3, 0.4) is 0 Å². The molecule has 1 aromatic heterocycles. The monoisotopic (exact) mass is 244 g/mol. The summed E-state index contributed by atoms with van der Waals surface area (Å²) in [6.07, 6.45) is -0.656. The number of anilines is 2. The van der Waals surface area contributed by atoms with Crippen molar-refractivity contribution in [3.05, 3.63) is 0 Å². The van der Waals surface area contributed by atoms with E-state index in [2.05, 4.69) is 25.7 Å². The molecule has 1 rings (SSSR count). The molecule has 17 heavy (non-hydrogen) atoms. The summed E-state index contributed by atoms with van der Waals surface area (Å²) in [4.78, 5) is 11.7. The van der Waals surface area contributed by atoms with Crippen molar-refractivity contribution in [1.29, 1.82) is 0 Å². The van der Waals surface area contributed by atoms with Crippen LogP contribution in [0.25, 0.3) is 0 Å². The molecule has 5 N–H and O–H groups in total. The summed E-state index contributed by atoms with van der Waals surface area (Å²) in [5.41, 5.74) is 2.29. The van der Waals surface area contributed by atoms with Crippen LogP contribution in [-0.2, 0) is 4.74 Å². The molecule has 0 saturated heterocycles. The highest BCUT2D eigenvalue weighted by Gasteiger charge is 2.08. The third-order valence-corrected chi connectivity index (χ3v) is 1.78. The average Bonchev–Trinajstić information content (AvgIpc) is 2.36. The SMILES string of the molecule is COCC(O)CNc1nc(NN)nc(OC)n1. The number of rotatable bonds is 7. The summed E-state index contributed by atoms with van der Waals surface area (Å²) in [6.45, 7) is 0.461. The Morgan fingerprint density at radius 2 is 2.00 bits per heavy atom. The van der Waals surface area contributed by atoms with Crippen LogP contribution in [-0.4, -0.2) is 53.5 Å². The predicted molar refractivity (Wildman–Crippen MR) is 60.6 cm³/mol. The van der Waals surface area contributed by atoms with Crippen molar-refractivity contribution in [2.45, 2.75) is 6.10 Å². The number of nitrogen functional groups attached to an aromatic ring is 1. The first-order valence-corrected chi connectivity index (χ1v) is 4.87. The van der Waals surface area contributed by atoms with Crippen LogP contribution < -0.4 is 21.3 Å². The number of aliphatic hydroxyl groups excluding tert-OH is 1. The Kier molecular flexibility index (Phi) is 5.33. The highest BCUT2D eigenvalue weighted by atomic mass is 16.5. The van der Waals surface area contributed by atoms with Crippen molar-refractivity contribution in [2.24, 2.45) is 5.84 Å². The van der Waals surface area contributed by atoms with Crippen LogP contribution in [0.1, 0.15) is 0 Å². The summed E-state index contributed by atoms with van der Waals surface area (Å²) in [5, 5.41) is 12.2. The molecule has 0 aliphatic carbocycles. The minimum absolute atomic E-state index is 0.122. The number of hydrazine groups is 1. The van der Waals surface area contributed by atoms with Gasteiger partial charge in [0.25, 0.3) is 0 Å². The maximum absolute atomic E-state index is 9.43. The number of aliphatic hydroxyl groups is 1. The molecule has 9 heteroatoms. The fourth-order valence-corrected chi connectivity index (χ4v) is 1.05. The Morgan fingerprint density at radius 1 is 1.29 bits per heavy atom. The molecule has 1 aromatic rings. The van der Waals surface area contributed by atoms with Gasteiger partial charge in [-0.1, -0.05) is 0 Å². The molecule has 0 amide bonds. The predicted octanol–water partition coefficient (Wildman–Crippen LogP) is -1.41. The van der Waals surface area contributed by atoms with E-state index in [0.717, 1.165) is 0 Å². The number of hydrogen-bond donors (Lipinski definition) is 4. The number of nitrogens with two attached hydrogens (primary N) is 1. The van der Waals surface area contributed by atoms with Gasteiger partial charge in [0, 0.05) is 13.7 Å². The minimum atomic E-state index is -0.656. The van der Waals surface area contributed by atoms with Crippen LogP contribution >= 0.6 is 0 Å². The van der Waals surface area contributed by atoms with E-state index in [9.17, 15) is 5.11 Å². The van der Waals surface area contributed by atoms with Crippen LogP contribution in [0, 0.1) is 0 Å². The van der Waals surface area contributed by atoms with Gasteiger partial charge in [-0.25, -0.2) is 5.84 Å². The average molecular weight is 244 g/mol. The first-order valence-electron chi connectivity index (χ1n) is 4.87. The van der Waals surface area contributed by atoms with Crippen molar-refractivity contribution in [3.63, 3.8) is 0 Å². The van der Waals surface area contributed by atoms with Crippen LogP contribution in [0.5, 0.6) is 6.01 Å². The highest BCUT2D eigenvalue weighted by molar-refractivity contribution is 5.34. The molecule has 0 fully saturated rings.